The van der Waals surface area contributed by atoms with Crippen LogP contribution in [0.25, 0.3) is 0 Å². The van der Waals surface area contributed by atoms with E-state index in [1.54, 1.807) is 0 Å². The van der Waals surface area contributed by atoms with Gasteiger partial charge in [-0.1, -0.05) is 30.3 Å². The van der Waals surface area contributed by atoms with Crippen LogP contribution in [0.4, 0.5) is 13.2 Å². The summed E-state index contributed by atoms with van der Waals surface area (Å²) in [5, 5.41) is 3.05. The van der Waals surface area contributed by atoms with Gasteiger partial charge in [0.15, 0.2) is 0 Å². The molecule has 0 spiro atoms. The van der Waals surface area contributed by atoms with E-state index in [-0.39, 0.29) is 18.5 Å². The lowest BCUT2D eigenvalue weighted by molar-refractivity contribution is -0.137. The van der Waals surface area contributed by atoms with Gasteiger partial charge in [-0.3, -0.25) is 0 Å². The molecule has 23 heavy (non-hydrogen) atoms. The molecule has 126 valence electrons. The van der Waals surface area contributed by atoms with Crippen LogP contribution in [0.2, 0.25) is 0 Å². The Balaban J connectivity index is 0.00000264. The summed E-state index contributed by atoms with van der Waals surface area (Å²) in [5.74, 6) is 0.429. The van der Waals surface area contributed by atoms with Crippen molar-refractivity contribution in [2.75, 3.05) is 13.6 Å². The SMILES string of the molecule is CNCC[C@@H](Oc1ccc(C(F)(F)F)cc1)c1ccccc1.Cl. The van der Waals surface area contributed by atoms with Crippen LogP contribution < -0.4 is 10.1 Å². The second-order valence-electron chi connectivity index (χ2n) is 4.93. The third-order valence-corrected chi connectivity index (χ3v) is 3.29. The second-order valence-corrected chi connectivity index (χ2v) is 4.93. The standard InChI is InChI=1S/C17H18F3NO.ClH/c1-21-12-11-16(13-5-3-2-4-6-13)22-15-9-7-14(8-10-15)17(18,19)20;/h2-10,16,21H,11-12H2,1H3;1H/t16-;/m1./s1. The Labute approximate surface area is 140 Å². The van der Waals surface area contributed by atoms with E-state index in [0.29, 0.717) is 5.75 Å². The van der Waals surface area contributed by atoms with Crippen LogP contribution in [0.1, 0.15) is 23.7 Å². The monoisotopic (exact) mass is 345 g/mol. The third-order valence-electron chi connectivity index (χ3n) is 3.29. The molecular weight excluding hydrogens is 327 g/mol. The highest BCUT2D eigenvalue weighted by Crippen LogP contribution is 2.31. The van der Waals surface area contributed by atoms with Crippen molar-refractivity contribution in [3.63, 3.8) is 0 Å². The highest BCUT2D eigenvalue weighted by Gasteiger charge is 2.30. The maximum atomic E-state index is 12.6. The number of benzene rings is 2. The van der Waals surface area contributed by atoms with Gasteiger partial charge in [0.25, 0.3) is 0 Å². The molecule has 0 fully saturated rings. The molecule has 0 aromatic heterocycles. The van der Waals surface area contributed by atoms with Gasteiger partial charge < -0.3 is 10.1 Å². The topological polar surface area (TPSA) is 21.3 Å². The van der Waals surface area contributed by atoms with Crippen LogP contribution in [-0.2, 0) is 6.18 Å². The Morgan fingerprint density at radius 3 is 2.13 bits per heavy atom. The van der Waals surface area contributed by atoms with Crippen LogP contribution in [0.5, 0.6) is 5.75 Å². The van der Waals surface area contributed by atoms with Gasteiger partial charge in [-0.05, 0) is 43.4 Å². The Morgan fingerprint density at radius 2 is 1.61 bits per heavy atom. The smallest absolute Gasteiger partial charge is 0.416 e. The number of nitrogens with one attached hydrogen (secondary N) is 1. The first-order valence-electron chi connectivity index (χ1n) is 7.04. The molecule has 1 N–H and O–H groups in total. The van der Waals surface area contributed by atoms with E-state index in [1.165, 1.54) is 12.1 Å². The third kappa shape index (κ3) is 5.77. The molecule has 2 aromatic rings. The number of alkyl halides is 3. The summed E-state index contributed by atoms with van der Waals surface area (Å²) in [5.41, 5.74) is 0.323. The van der Waals surface area contributed by atoms with Crippen molar-refractivity contribution in [2.24, 2.45) is 0 Å². The van der Waals surface area contributed by atoms with Gasteiger partial charge >= 0.3 is 6.18 Å². The first kappa shape index (κ1) is 19.3. The molecule has 6 heteroatoms. The Kier molecular flexibility index (Phi) is 7.39. The van der Waals surface area contributed by atoms with Gasteiger partial charge in [0, 0.05) is 6.42 Å². The van der Waals surface area contributed by atoms with Crippen molar-refractivity contribution in [1.82, 2.24) is 5.32 Å². The molecule has 0 aliphatic carbocycles. The quantitative estimate of drug-likeness (QED) is 0.807. The predicted octanol–water partition coefficient (Wildman–Crippen LogP) is 4.86. The zero-order chi connectivity index (χ0) is 16.0. The van der Waals surface area contributed by atoms with Crippen LogP contribution in [0, 0.1) is 0 Å². The maximum absolute atomic E-state index is 12.6. The van der Waals surface area contributed by atoms with Crippen molar-refractivity contribution < 1.29 is 17.9 Å². The molecule has 1 atom stereocenters. The molecule has 2 aromatic carbocycles. The van der Waals surface area contributed by atoms with Crippen molar-refractivity contribution in [1.29, 1.82) is 0 Å². The van der Waals surface area contributed by atoms with Crippen LogP contribution in [-0.4, -0.2) is 13.6 Å². The largest absolute Gasteiger partial charge is 0.486 e. The molecule has 0 amide bonds. The molecule has 0 radical (unpaired) electrons. The molecule has 0 aliphatic rings. The highest BCUT2D eigenvalue weighted by atomic mass is 35.5. The summed E-state index contributed by atoms with van der Waals surface area (Å²) in [6.45, 7) is 0.750. The molecule has 0 bridgehead atoms. The fraction of sp³-hybridized carbons (Fsp3) is 0.294. The number of rotatable bonds is 6. The molecule has 0 aliphatic heterocycles. The van der Waals surface area contributed by atoms with E-state index in [1.807, 2.05) is 37.4 Å². The summed E-state index contributed by atoms with van der Waals surface area (Å²) >= 11 is 0. The fourth-order valence-corrected chi connectivity index (χ4v) is 2.12. The minimum atomic E-state index is -4.33. The fourth-order valence-electron chi connectivity index (χ4n) is 2.12. The lowest BCUT2D eigenvalue weighted by Crippen LogP contribution is -2.16. The molecule has 0 saturated carbocycles. The van der Waals surface area contributed by atoms with Gasteiger partial charge in [0.1, 0.15) is 11.9 Å². The van der Waals surface area contributed by atoms with Crippen molar-refractivity contribution in [3.8, 4) is 5.75 Å². The van der Waals surface area contributed by atoms with Gasteiger partial charge in [-0.15, -0.1) is 12.4 Å². The van der Waals surface area contributed by atoms with Crippen LogP contribution in [0.3, 0.4) is 0 Å². The normalized spacial score (nSPS) is 12.3. The van der Waals surface area contributed by atoms with E-state index < -0.39 is 11.7 Å². The summed E-state index contributed by atoms with van der Waals surface area (Å²) < 4.78 is 43.6. The molecule has 0 saturated heterocycles. The van der Waals surface area contributed by atoms with Gasteiger partial charge in [-0.2, -0.15) is 13.2 Å². The second kappa shape index (κ2) is 8.79. The minimum absolute atomic E-state index is 0. The molecule has 2 rings (SSSR count). The summed E-state index contributed by atoms with van der Waals surface area (Å²) in [4.78, 5) is 0. The Morgan fingerprint density at radius 1 is 1.00 bits per heavy atom. The van der Waals surface area contributed by atoms with E-state index in [2.05, 4.69) is 5.32 Å². The number of hydrogen-bond donors (Lipinski definition) is 1. The van der Waals surface area contributed by atoms with E-state index >= 15 is 0 Å². The number of hydrogen-bond acceptors (Lipinski definition) is 2. The molecule has 0 heterocycles. The zero-order valence-electron chi connectivity index (χ0n) is 12.6. The maximum Gasteiger partial charge on any atom is 0.416 e. The summed E-state index contributed by atoms with van der Waals surface area (Å²) in [6.07, 6.45) is -3.81. The predicted molar refractivity (Wildman–Crippen MR) is 87.0 cm³/mol. The molecule has 2 nitrogen and oxygen atoms in total. The van der Waals surface area contributed by atoms with E-state index in [9.17, 15) is 13.2 Å². The van der Waals surface area contributed by atoms with E-state index in [0.717, 1.165) is 30.7 Å². The lowest BCUT2D eigenvalue weighted by atomic mass is 10.1. The molecular formula is C17H19ClF3NO. The zero-order valence-corrected chi connectivity index (χ0v) is 13.5. The first-order valence-corrected chi connectivity index (χ1v) is 7.04. The Hall–Kier alpha value is -1.72. The Bertz CT molecular complexity index is 573. The van der Waals surface area contributed by atoms with Crippen molar-refractivity contribution in [2.45, 2.75) is 18.7 Å². The van der Waals surface area contributed by atoms with Gasteiger partial charge in [0.2, 0.25) is 0 Å². The highest BCUT2D eigenvalue weighted by molar-refractivity contribution is 5.85. The average Bonchev–Trinajstić information content (AvgIpc) is 2.52. The van der Waals surface area contributed by atoms with Gasteiger partial charge in [-0.25, -0.2) is 0 Å². The minimum Gasteiger partial charge on any atom is -0.486 e. The first-order chi connectivity index (χ1) is 10.5. The number of halogens is 4. The van der Waals surface area contributed by atoms with Crippen molar-refractivity contribution in [3.05, 3.63) is 65.7 Å². The summed E-state index contributed by atoms with van der Waals surface area (Å²) in [7, 11) is 1.85. The summed E-state index contributed by atoms with van der Waals surface area (Å²) in [6, 6.07) is 14.4. The van der Waals surface area contributed by atoms with Crippen LogP contribution >= 0.6 is 12.4 Å². The molecule has 0 unspecified atom stereocenters. The lowest BCUT2D eigenvalue weighted by Gasteiger charge is -2.20. The number of ether oxygens (including phenoxy) is 1. The van der Waals surface area contributed by atoms with E-state index in [4.69, 9.17) is 4.74 Å². The van der Waals surface area contributed by atoms with Gasteiger partial charge in [0.05, 0.1) is 5.56 Å². The van der Waals surface area contributed by atoms with Crippen molar-refractivity contribution >= 4 is 12.4 Å². The average molecular weight is 346 g/mol. The van der Waals surface area contributed by atoms with Crippen LogP contribution in [0.15, 0.2) is 54.6 Å².